The van der Waals surface area contributed by atoms with Crippen molar-refractivity contribution in [3.05, 3.63) is 18.0 Å². The molecule has 20 heavy (non-hydrogen) atoms. The van der Waals surface area contributed by atoms with Crippen molar-refractivity contribution in [2.45, 2.75) is 31.7 Å². The highest BCUT2D eigenvalue weighted by Gasteiger charge is 2.20. The average molecular weight is 304 g/mol. The average Bonchev–Trinajstić information content (AvgIpc) is 2.83. The Labute approximate surface area is 118 Å². The first kappa shape index (κ1) is 16.7. The Morgan fingerprint density at radius 1 is 1.45 bits per heavy atom. The van der Waals surface area contributed by atoms with Gasteiger partial charge in [0.1, 0.15) is 10.6 Å². The highest BCUT2D eigenvalue weighted by atomic mass is 32.2. The van der Waals surface area contributed by atoms with Crippen molar-refractivity contribution in [3.63, 3.8) is 0 Å². The van der Waals surface area contributed by atoms with Crippen molar-refractivity contribution in [3.8, 4) is 0 Å². The van der Waals surface area contributed by atoms with Gasteiger partial charge in [-0.1, -0.05) is 0 Å². The predicted molar refractivity (Wildman–Crippen MR) is 73.4 cm³/mol. The molecule has 0 saturated heterocycles. The number of aryl methyl sites for hydroxylation is 1. The SMILES string of the molecule is CCOCCCNS(=O)(=O)c1cc(C(=O)O)n(CC)c1. The van der Waals surface area contributed by atoms with Crippen LogP contribution in [-0.4, -0.2) is 43.8 Å². The van der Waals surface area contributed by atoms with E-state index in [0.29, 0.717) is 26.2 Å². The molecule has 7 nitrogen and oxygen atoms in total. The standard InChI is InChI=1S/C12H20N2O5S/c1-3-14-9-10(8-11(14)12(15)16)20(17,18)13-6-5-7-19-4-2/h8-9,13H,3-7H2,1-2H3,(H,15,16). The van der Waals surface area contributed by atoms with Gasteiger partial charge in [-0.2, -0.15) is 0 Å². The largest absolute Gasteiger partial charge is 0.477 e. The van der Waals surface area contributed by atoms with E-state index >= 15 is 0 Å². The molecule has 1 heterocycles. The second kappa shape index (κ2) is 7.41. The molecule has 0 aliphatic rings. The highest BCUT2D eigenvalue weighted by Crippen LogP contribution is 2.14. The summed E-state index contributed by atoms with van der Waals surface area (Å²) in [5.74, 6) is -1.15. The summed E-state index contributed by atoms with van der Waals surface area (Å²) in [7, 11) is -3.68. The van der Waals surface area contributed by atoms with Crippen LogP contribution in [0.1, 0.15) is 30.8 Å². The summed E-state index contributed by atoms with van der Waals surface area (Å²) in [5, 5.41) is 9.00. The van der Waals surface area contributed by atoms with E-state index in [4.69, 9.17) is 9.84 Å². The molecule has 114 valence electrons. The molecule has 2 N–H and O–H groups in total. The molecule has 1 rings (SSSR count). The Morgan fingerprint density at radius 2 is 2.15 bits per heavy atom. The lowest BCUT2D eigenvalue weighted by molar-refractivity contribution is 0.0685. The second-order valence-electron chi connectivity index (χ2n) is 4.10. The Morgan fingerprint density at radius 3 is 2.65 bits per heavy atom. The number of nitrogens with zero attached hydrogens (tertiary/aromatic N) is 1. The number of hydrogen-bond donors (Lipinski definition) is 2. The second-order valence-corrected chi connectivity index (χ2v) is 5.87. The first-order valence-electron chi connectivity index (χ1n) is 6.43. The topological polar surface area (TPSA) is 97.6 Å². The van der Waals surface area contributed by atoms with E-state index in [0.717, 1.165) is 6.07 Å². The van der Waals surface area contributed by atoms with Crippen LogP contribution in [-0.2, 0) is 21.3 Å². The molecule has 0 bridgehead atoms. The smallest absolute Gasteiger partial charge is 0.352 e. The summed E-state index contributed by atoms with van der Waals surface area (Å²) < 4.78 is 32.9. The number of carboxylic acids is 1. The van der Waals surface area contributed by atoms with Gasteiger partial charge in [-0.3, -0.25) is 0 Å². The molecule has 1 aromatic heterocycles. The van der Waals surface area contributed by atoms with Gasteiger partial charge in [-0.05, 0) is 26.3 Å². The summed E-state index contributed by atoms with van der Waals surface area (Å²) in [6.45, 7) is 5.33. The zero-order valence-corrected chi connectivity index (χ0v) is 12.4. The molecule has 0 aliphatic carbocycles. The van der Waals surface area contributed by atoms with Crippen LogP contribution in [0.25, 0.3) is 0 Å². The number of nitrogens with one attached hydrogen (secondary N) is 1. The lowest BCUT2D eigenvalue weighted by Crippen LogP contribution is -2.25. The Balaban J connectivity index is 2.75. The van der Waals surface area contributed by atoms with Crippen molar-refractivity contribution in [1.82, 2.24) is 9.29 Å². The van der Waals surface area contributed by atoms with Gasteiger partial charge in [-0.15, -0.1) is 0 Å². The van der Waals surface area contributed by atoms with Gasteiger partial charge >= 0.3 is 5.97 Å². The Kier molecular flexibility index (Phi) is 6.18. The molecule has 0 saturated carbocycles. The van der Waals surface area contributed by atoms with Gasteiger partial charge in [0, 0.05) is 32.5 Å². The minimum Gasteiger partial charge on any atom is -0.477 e. The van der Waals surface area contributed by atoms with Crippen LogP contribution in [0.5, 0.6) is 0 Å². The minimum atomic E-state index is -3.68. The van der Waals surface area contributed by atoms with Crippen molar-refractivity contribution in [1.29, 1.82) is 0 Å². The van der Waals surface area contributed by atoms with Gasteiger partial charge in [0.15, 0.2) is 0 Å². The van der Waals surface area contributed by atoms with Gasteiger partial charge < -0.3 is 14.4 Å². The van der Waals surface area contributed by atoms with Crippen molar-refractivity contribution in [2.24, 2.45) is 0 Å². The normalized spacial score (nSPS) is 11.7. The molecule has 0 spiro atoms. The van der Waals surface area contributed by atoms with Crippen LogP contribution in [0.4, 0.5) is 0 Å². The fourth-order valence-electron chi connectivity index (χ4n) is 1.68. The van der Waals surface area contributed by atoms with E-state index in [1.54, 1.807) is 6.92 Å². The molecule has 0 aromatic carbocycles. The highest BCUT2D eigenvalue weighted by molar-refractivity contribution is 7.89. The van der Waals surface area contributed by atoms with Crippen LogP contribution < -0.4 is 4.72 Å². The predicted octanol–water partition coefficient (Wildman–Crippen LogP) is 0.911. The maximum Gasteiger partial charge on any atom is 0.352 e. The molecule has 0 fully saturated rings. The van der Waals surface area contributed by atoms with Crippen LogP contribution >= 0.6 is 0 Å². The fraction of sp³-hybridized carbons (Fsp3) is 0.583. The van der Waals surface area contributed by atoms with Gasteiger partial charge in [-0.25, -0.2) is 17.9 Å². The number of aromatic carboxylic acids is 1. The molecular weight excluding hydrogens is 284 g/mol. The number of aromatic nitrogens is 1. The molecule has 0 aliphatic heterocycles. The maximum absolute atomic E-state index is 12.0. The van der Waals surface area contributed by atoms with Crippen molar-refractivity contribution < 1.29 is 23.1 Å². The lowest BCUT2D eigenvalue weighted by Gasteiger charge is -2.05. The van der Waals surface area contributed by atoms with Crippen LogP contribution in [0, 0.1) is 0 Å². The quantitative estimate of drug-likeness (QED) is 0.661. The van der Waals surface area contributed by atoms with Gasteiger partial charge in [0.25, 0.3) is 0 Å². The van der Waals surface area contributed by atoms with Crippen molar-refractivity contribution in [2.75, 3.05) is 19.8 Å². The van der Waals surface area contributed by atoms with E-state index in [2.05, 4.69) is 4.72 Å². The zero-order valence-electron chi connectivity index (χ0n) is 11.6. The number of sulfonamides is 1. The molecule has 0 atom stereocenters. The third-order valence-electron chi connectivity index (χ3n) is 2.70. The van der Waals surface area contributed by atoms with E-state index in [1.165, 1.54) is 10.8 Å². The number of carboxylic acid groups (broad SMARTS) is 1. The first-order chi connectivity index (χ1) is 9.42. The summed E-state index contributed by atoms with van der Waals surface area (Å²) >= 11 is 0. The summed E-state index contributed by atoms with van der Waals surface area (Å²) in [6.07, 6.45) is 1.89. The number of hydrogen-bond acceptors (Lipinski definition) is 4. The number of carbonyl (C=O) groups is 1. The summed E-state index contributed by atoms with van der Waals surface area (Å²) in [6, 6.07) is 1.16. The molecule has 1 aromatic rings. The molecule has 0 radical (unpaired) electrons. The van der Waals surface area contributed by atoms with E-state index in [-0.39, 0.29) is 17.1 Å². The Hall–Kier alpha value is -1.38. The third-order valence-corrected chi connectivity index (χ3v) is 4.13. The molecular formula is C12H20N2O5S. The number of rotatable bonds is 9. The lowest BCUT2D eigenvalue weighted by atomic mass is 10.4. The third kappa shape index (κ3) is 4.32. The van der Waals surface area contributed by atoms with Gasteiger partial charge in [0.2, 0.25) is 10.0 Å². The Bertz CT molecular complexity index is 550. The van der Waals surface area contributed by atoms with E-state index in [1.807, 2.05) is 6.92 Å². The van der Waals surface area contributed by atoms with Crippen molar-refractivity contribution >= 4 is 16.0 Å². The fourth-order valence-corrected chi connectivity index (χ4v) is 2.79. The molecule has 8 heteroatoms. The minimum absolute atomic E-state index is 0.0341. The van der Waals surface area contributed by atoms with Crippen LogP contribution in [0.15, 0.2) is 17.2 Å². The van der Waals surface area contributed by atoms with E-state index < -0.39 is 16.0 Å². The summed E-state index contributed by atoms with van der Waals surface area (Å²) in [5.41, 5.74) is -0.0396. The van der Waals surface area contributed by atoms with Crippen LogP contribution in [0.3, 0.4) is 0 Å². The monoisotopic (exact) mass is 304 g/mol. The van der Waals surface area contributed by atoms with E-state index in [9.17, 15) is 13.2 Å². The first-order valence-corrected chi connectivity index (χ1v) is 7.91. The maximum atomic E-state index is 12.0. The zero-order chi connectivity index (χ0) is 15.2. The number of ether oxygens (including phenoxy) is 1. The van der Waals surface area contributed by atoms with Crippen LogP contribution in [0.2, 0.25) is 0 Å². The summed E-state index contributed by atoms with van der Waals surface area (Å²) in [4.78, 5) is 11.0. The molecule has 0 amide bonds. The van der Waals surface area contributed by atoms with Gasteiger partial charge in [0.05, 0.1) is 0 Å². The molecule has 0 unspecified atom stereocenters.